The Kier molecular flexibility index (Phi) is 61.9. The molecule has 0 bridgehead atoms. The van der Waals surface area contributed by atoms with Crippen LogP contribution >= 0.6 is 7.82 Å². The number of hydrogen-bond acceptors (Lipinski definition) is 5. The number of aliphatic hydroxyl groups excluding tert-OH is 1. The van der Waals surface area contributed by atoms with Gasteiger partial charge in [-0.05, 0) is 77.0 Å². The van der Waals surface area contributed by atoms with Crippen molar-refractivity contribution in [2.75, 3.05) is 40.9 Å². The lowest BCUT2D eigenvalue weighted by Crippen LogP contribution is -2.46. The number of allylic oxidation sites excluding steroid dienone is 16. The highest BCUT2D eigenvalue weighted by atomic mass is 31.2. The molecule has 9 heteroatoms. The van der Waals surface area contributed by atoms with Gasteiger partial charge in [0.2, 0.25) is 5.91 Å². The van der Waals surface area contributed by atoms with Gasteiger partial charge in [0.05, 0.1) is 39.9 Å². The quantitative estimate of drug-likeness (QED) is 0.0243. The van der Waals surface area contributed by atoms with Gasteiger partial charge >= 0.3 is 7.82 Å². The summed E-state index contributed by atoms with van der Waals surface area (Å²) in [4.78, 5) is 23.5. The number of carbonyl (C=O) groups is 1. The van der Waals surface area contributed by atoms with Gasteiger partial charge < -0.3 is 19.8 Å². The van der Waals surface area contributed by atoms with Gasteiger partial charge in [0, 0.05) is 6.42 Å². The fourth-order valence-corrected chi connectivity index (χ4v) is 10.9. The number of hydrogen-bond donors (Lipinski definition) is 3. The van der Waals surface area contributed by atoms with Gasteiger partial charge in [-0.25, -0.2) is 4.57 Å². The van der Waals surface area contributed by atoms with E-state index in [0.717, 1.165) is 96.3 Å². The summed E-state index contributed by atoms with van der Waals surface area (Å²) in [6.45, 7) is 4.80. The molecule has 0 aromatic carbocycles. The zero-order valence-electron chi connectivity index (χ0n) is 55.2. The van der Waals surface area contributed by atoms with Crippen molar-refractivity contribution in [2.45, 2.75) is 328 Å². The van der Waals surface area contributed by atoms with Crippen LogP contribution in [0, 0.1) is 0 Å². The second-order valence-electron chi connectivity index (χ2n) is 24.9. The van der Waals surface area contributed by atoms with Gasteiger partial charge in [-0.2, -0.15) is 0 Å². The third kappa shape index (κ3) is 66.8. The predicted octanol–water partition coefficient (Wildman–Crippen LogP) is 22.5. The van der Waals surface area contributed by atoms with Crippen molar-refractivity contribution in [1.29, 1.82) is 0 Å². The van der Waals surface area contributed by atoms with Crippen LogP contribution in [0.1, 0.15) is 316 Å². The number of nitrogens with zero attached hydrogens (tertiary/aromatic N) is 1. The summed E-state index contributed by atoms with van der Waals surface area (Å²) < 4.78 is 23.9. The molecule has 0 heterocycles. The number of quaternary nitrogens is 1. The van der Waals surface area contributed by atoms with E-state index < -0.39 is 20.0 Å². The molecular weight excluding hydrogens is 1040 g/mol. The van der Waals surface area contributed by atoms with Crippen LogP contribution in [0.25, 0.3) is 0 Å². The predicted molar refractivity (Wildman–Crippen MR) is 364 cm³/mol. The second kappa shape index (κ2) is 63.9. The Morgan fingerprint density at radius 1 is 0.422 bits per heavy atom. The fraction of sp³-hybridized carbons (Fsp3) is 0.770. The van der Waals surface area contributed by atoms with E-state index in [9.17, 15) is 19.4 Å². The maximum Gasteiger partial charge on any atom is 0.472 e. The molecule has 3 N–H and O–H groups in total. The zero-order chi connectivity index (χ0) is 60.5. The molecule has 0 saturated heterocycles. The van der Waals surface area contributed by atoms with Gasteiger partial charge in [-0.3, -0.25) is 13.8 Å². The van der Waals surface area contributed by atoms with E-state index in [-0.39, 0.29) is 19.1 Å². The monoisotopic (exact) mass is 1180 g/mol. The number of unbranched alkanes of at least 4 members (excludes halogenated alkanes) is 35. The summed E-state index contributed by atoms with van der Waals surface area (Å²) in [6, 6.07) is -0.774. The topological polar surface area (TPSA) is 105 Å². The van der Waals surface area contributed by atoms with E-state index in [1.165, 1.54) is 193 Å². The molecule has 0 fully saturated rings. The Labute approximate surface area is 515 Å². The van der Waals surface area contributed by atoms with Crippen LogP contribution in [-0.2, 0) is 18.4 Å². The first-order valence-corrected chi connectivity index (χ1v) is 36.6. The van der Waals surface area contributed by atoms with Crippen molar-refractivity contribution in [2.24, 2.45) is 0 Å². The largest absolute Gasteiger partial charge is 0.472 e. The standard InChI is InChI=1S/C74H135N2O6P/c1-6-8-10-12-14-16-18-20-22-24-26-28-30-32-34-36-37-38-39-40-42-44-46-48-50-52-54-56-58-60-62-64-66-68-74(78)75-72(71-82-83(79,80)81-70-69-76(3,4)5)73(77)67-65-63-61-59-57-55-53-51-49-47-45-43-41-35-33-31-29-27-25-23-21-19-17-15-13-11-9-7-2/h8,10,14,16,20,22,26,28,32,34,37-38,40,42,46,48,72-73,77H,6-7,9,11-13,15,17-19,21,23-25,27,29-31,33,35-36,39,41,43-45,47,49-71H2,1-5H3,(H-,75,78,79,80)/p+1/b10-8-,16-14-,22-20-,28-26-,34-32-,38-37-,42-40-,48-46-. The number of rotatable bonds is 64. The maximum atomic E-state index is 13.1. The summed E-state index contributed by atoms with van der Waals surface area (Å²) >= 11 is 0. The van der Waals surface area contributed by atoms with E-state index in [0.29, 0.717) is 23.9 Å². The number of amides is 1. The molecule has 0 radical (unpaired) electrons. The fourth-order valence-electron chi connectivity index (χ4n) is 10.2. The Balaban J connectivity index is 4.11. The molecule has 0 aromatic rings. The minimum atomic E-state index is -4.34. The summed E-state index contributed by atoms with van der Waals surface area (Å²) in [5.74, 6) is -0.153. The Bertz CT molecular complexity index is 1670. The molecule has 0 aliphatic rings. The molecular formula is C74H136N2O6P+. The first-order chi connectivity index (χ1) is 40.5. The van der Waals surface area contributed by atoms with Crippen molar-refractivity contribution in [3.63, 3.8) is 0 Å². The first-order valence-electron chi connectivity index (χ1n) is 35.1. The zero-order valence-corrected chi connectivity index (χ0v) is 56.1. The SMILES string of the molecule is CC/C=C\C/C=C\C/C=C\C/C=C\C/C=C\C/C=C\C/C=C\C/C=C\CCCCCCCCCCC(=O)NC(COP(=O)(O)OCC[N+](C)(C)C)C(O)CCCCCCCCCCCCCCCCCCCCCCCCCCCCCC. The molecule has 0 aromatic heterocycles. The van der Waals surface area contributed by atoms with Crippen LogP contribution in [0.2, 0.25) is 0 Å². The number of phosphoric acid groups is 1. The van der Waals surface area contributed by atoms with Crippen molar-refractivity contribution in [3.05, 3.63) is 97.2 Å². The number of nitrogens with one attached hydrogen (secondary N) is 1. The molecule has 0 rings (SSSR count). The summed E-state index contributed by atoms with van der Waals surface area (Å²) in [7, 11) is 1.61. The number of phosphoric ester groups is 1. The Hall–Kier alpha value is -2.58. The number of carbonyl (C=O) groups excluding carboxylic acids is 1. The minimum Gasteiger partial charge on any atom is -0.391 e. The minimum absolute atomic E-state index is 0.0690. The average Bonchev–Trinajstić information content (AvgIpc) is 3.49. The molecule has 482 valence electrons. The lowest BCUT2D eigenvalue weighted by Gasteiger charge is -2.26. The molecule has 0 aliphatic carbocycles. The van der Waals surface area contributed by atoms with Crippen LogP contribution in [0.15, 0.2) is 97.2 Å². The van der Waals surface area contributed by atoms with E-state index >= 15 is 0 Å². The molecule has 83 heavy (non-hydrogen) atoms. The average molecular weight is 1180 g/mol. The molecule has 3 unspecified atom stereocenters. The van der Waals surface area contributed by atoms with Gasteiger partial charge in [0.25, 0.3) is 0 Å². The smallest absolute Gasteiger partial charge is 0.391 e. The lowest BCUT2D eigenvalue weighted by atomic mass is 10.0. The third-order valence-electron chi connectivity index (χ3n) is 15.6. The van der Waals surface area contributed by atoms with Crippen LogP contribution < -0.4 is 5.32 Å². The van der Waals surface area contributed by atoms with Gasteiger partial charge in [0.1, 0.15) is 13.2 Å². The van der Waals surface area contributed by atoms with Crippen molar-refractivity contribution >= 4 is 13.7 Å². The molecule has 3 atom stereocenters. The van der Waals surface area contributed by atoms with Crippen molar-refractivity contribution < 1.29 is 32.9 Å². The lowest BCUT2D eigenvalue weighted by molar-refractivity contribution is -0.870. The molecule has 1 amide bonds. The van der Waals surface area contributed by atoms with E-state index in [1.807, 2.05) is 21.1 Å². The molecule has 8 nitrogen and oxygen atoms in total. The number of aliphatic hydroxyl groups is 1. The van der Waals surface area contributed by atoms with E-state index in [1.54, 1.807) is 0 Å². The van der Waals surface area contributed by atoms with Crippen molar-refractivity contribution in [1.82, 2.24) is 5.32 Å². The van der Waals surface area contributed by atoms with Crippen molar-refractivity contribution in [3.8, 4) is 0 Å². The second-order valence-corrected chi connectivity index (χ2v) is 26.3. The van der Waals surface area contributed by atoms with E-state index in [2.05, 4.69) is 116 Å². The van der Waals surface area contributed by atoms with Crippen LogP contribution in [0.3, 0.4) is 0 Å². The highest BCUT2D eigenvalue weighted by Crippen LogP contribution is 2.43. The number of likely N-dealkylation sites (N-methyl/N-ethyl adjacent to an activating group) is 1. The highest BCUT2D eigenvalue weighted by Gasteiger charge is 2.28. The van der Waals surface area contributed by atoms with Gasteiger partial charge in [0.15, 0.2) is 0 Å². The molecule has 0 saturated carbocycles. The van der Waals surface area contributed by atoms with Gasteiger partial charge in [-0.1, -0.05) is 329 Å². The first kappa shape index (κ1) is 80.4. The van der Waals surface area contributed by atoms with Gasteiger partial charge in [-0.15, -0.1) is 0 Å². The summed E-state index contributed by atoms with van der Waals surface area (Å²) in [5.41, 5.74) is 0. The molecule has 0 aliphatic heterocycles. The van der Waals surface area contributed by atoms with E-state index in [4.69, 9.17) is 9.05 Å². The highest BCUT2D eigenvalue weighted by molar-refractivity contribution is 7.47. The van der Waals surface area contributed by atoms with Crippen LogP contribution in [0.4, 0.5) is 0 Å². The maximum absolute atomic E-state index is 13.1. The molecule has 0 spiro atoms. The third-order valence-corrected chi connectivity index (χ3v) is 16.6. The summed E-state index contributed by atoms with van der Waals surface area (Å²) in [6.07, 6.45) is 92.2. The normalized spacial score (nSPS) is 14.3. The van der Waals surface area contributed by atoms with Crippen LogP contribution in [0.5, 0.6) is 0 Å². The summed E-state index contributed by atoms with van der Waals surface area (Å²) in [5, 5.41) is 14.1. The Morgan fingerprint density at radius 2 is 0.723 bits per heavy atom. The van der Waals surface area contributed by atoms with Crippen LogP contribution in [-0.4, -0.2) is 73.4 Å². The Morgan fingerprint density at radius 3 is 1.06 bits per heavy atom.